The number of carbonyl (C=O) groups is 2. The minimum Gasteiger partial charge on any atom is -0.355 e. The van der Waals surface area contributed by atoms with Crippen LogP contribution in [0.2, 0.25) is 0 Å². The Balaban J connectivity index is 1.83. The van der Waals surface area contributed by atoms with Crippen LogP contribution in [0, 0.1) is 5.92 Å². The number of carbonyl (C=O) groups excluding carboxylic acids is 2. The van der Waals surface area contributed by atoms with Crippen molar-refractivity contribution in [2.75, 3.05) is 33.7 Å². The fourth-order valence-electron chi connectivity index (χ4n) is 2.96. The van der Waals surface area contributed by atoms with Gasteiger partial charge in [-0.3, -0.25) is 9.59 Å². The van der Waals surface area contributed by atoms with Crippen LogP contribution in [0.4, 0.5) is 0 Å². The predicted molar refractivity (Wildman–Crippen MR) is 90.3 cm³/mol. The molecule has 1 aromatic carbocycles. The summed E-state index contributed by atoms with van der Waals surface area (Å²) in [6, 6.07) is 7.58. The molecule has 1 unspecified atom stereocenters. The molecule has 0 aromatic heterocycles. The zero-order valence-electron chi connectivity index (χ0n) is 14.4. The molecule has 1 saturated heterocycles. The molecule has 5 nitrogen and oxygen atoms in total. The number of nitrogens with zero attached hydrogens (tertiary/aromatic N) is 1. The molecular weight excluding hydrogens is 290 g/mol. The molecule has 2 N–H and O–H groups in total. The second kappa shape index (κ2) is 8.11. The standard InChI is InChI=1S/C18H27N3O2/c1-14-8-10-21(11-9-14)17(22)13-20(3)12-15-4-6-16(7-5-15)18(23)19-2/h4-7,14H,8-13H2,1-3H3,(H,19,23)/p+1. The number of quaternary nitrogens is 1. The van der Waals surface area contributed by atoms with Crippen molar-refractivity contribution >= 4 is 11.8 Å². The molecule has 23 heavy (non-hydrogen) atoms. The van der Waals surface area contributed by atoms with E-state index in [1.54, 1.807) is 7.05 Å². The molecule has 126 valence electrons. The van der Waals surface area contributed by atoms with Gasteiger partial charge in [0, 0.05) is 31.3 Å². The van der Waals surface area contributed by atoms with E-state index in [4.69, 9.17) is 0 Å². The fraction of sp³-hybridized carbons (Fsp3) is 0.556. The first kappa shape index (κ1) is 17.5. The maximum absolute atomic E-state index is 12.3. The molecule has 2 rings (SSSR count). The number of likely N-dealkylation sites (N-methyl/N-ethyl adjacent to an activating group) is 1. The number of rotatable bonds is 5. The second-order valence-electron chi connectivity index (χ2n) is 6.65. The maximum Gasteiger partial charge on any atom is 0.277 e. The molecule has 0 spiro atoms. The first-order chi connectivity index (χ1) is 11.0. The maximum atomic E-state index is 12.3. The monoisotopic (exact) mass is 318 g/mol. The fourth-order valence-corrected chi connectivity index (χ4v) is 2.96. The van der Waals surface area contributed by atoms with E-state index in [2.05, 4.69) is 12.2 Å². The average molecular weight is 318 g/mol. The third-order valence-corrected chi connectivity index (χ3v) is 4.54. The number of nitrogens with one attached hydrogen (secondary N) is 2. The molecule has 0 radical (unpaired) electrons. The molecular formula is C18H28N3O2+. The summed E-state index contributed by atoms with van der Waals surface area (Å²) >= 11 is 0. The quantitative estimate of drug-likeness (QED) is 0.821. The molecule has 1 heterocycles. The van der Waals surface area contributed by atoms with Crippen LogP contribution in [-0.4, -0.2) is 50.4 Å². The summed E-state index contributed by atoms with van der Waals surface area (Å²) in [5.41, 5.74) is 1.79. The van der Waals surface area contributed by atoms with E-state index in [0.29, 0.717) is 12.1 Å². The largest absolute Gasteiger partial charge is 0.355 e. The summed E-state index contributed by atoms with van der Waals surface area (Å²) in [4.78, 5) is 27.0. The van der Waals surface area contributed by atoms with Crippen LogP contribution in [0.3, 0.4) is 0 Å². The number of benzene rings is 1. The lowest BCUT2D eigenvalue weighted by Crippen LogP contribution is -3.08. The molecule has 1 fully saturated rings. The Hall–Kier alpha value is -1.88. The summed E-state index contributed by atoms with van der Waals surface area (Å²) in [6.07, 6.45) is 2.23. The number of piperidine rings is 1. The number of hydrogen-bond acceptors (Lipinski definition) is 2. The minimum atomic E-state index is -0.0771. The summed E-state index contributed by atoms with van der Waals surface area (Å²) in [5.74, 6) is 0.908. The van der Waals surface area contributed by atoms with Gasteiger partial charge in [0.15, 0.2) is 6.54 Å². The summed E-state index contributed by atoms with van der Waals surface area (Å²) in [7, 11) is 3.66. The van der Waals surface area contributed by atoms with E-state index in [1.807, 2.05) is 36.2 Å². The zero-order chi connectivity index (χ0) is 16.8. The van der Waals surface area contributed by atoms with Crippen molar-refractivity contribution in [1.82, 2.24) is 10.2 Å². The van der Waals surface area contributed by atoms with Crippen LogP contribution in [0.25, 0.3) is 0 Å². The van der Waals surface area contributed by atoms with Crippen molar-refractivity contribution in [2.24, 2.45) is 5.92 Å². The highest BCUT2D eigenvalue weighted by Crippen LogP contribution is 2.15. The lowest BCUT2D eigenvalue weighted by molar-refractivity contribution is -0.885. The molecule has 1 aliphatic heterocycles. The van der Waals surface area contributed by atoms with Gasteiger partial charge in [-0.05, 0) is 30.9 Å². The molecule has 0 aliphatic carbocycles. The van der Waals surface area contributed by atoms with Crippen molar-refractivity contribution in [2.45, 2.75) is 26.3 Å². The van der Waals surface area contributed by atoms with Crippen LogP contribution in [0.1, 0.15) is 35.7 Å². The molecule has 1 aromatic rings. The van der Waals surface area contributed by atoms with Crippen LogP contribution in [0.5, 0.6) is 0 Å². The Labute approximate surface area is 138 Å². The van der Waals surface area contributed by atoms with Gasteiger partial charge in [0.05, 0.1) is 7.05 Å². The summed E-state index contributed by atoms with van der Waals surface area (Å²) < 4.78 is 0. The minimum absolute atomic E-state index is 0.0771. The first-order valence-corrected chi connectivity index (χ1v) is 8.39. The predicted octanol–water partition coefficient (Wildman–Crippen LogP) is 0.319. The SMILES string of the molecule is CNC(=O)c1ccc(C[NH+](C)CC(=O)N2CCC(C)CC2)cc1. The van der Waals surface area contributed by atoms with E-state index >= 15 is 0 Å². The van der Waals surface area contributed by atoms with E-state index in [0.717, 1.165) is 44.0 Å². The highest BCUT2D eigenvalue weighted by Gasteiger charge is 2.22. The van der Waals surface area contributed by atoms with Gasteiger partial charge in [-0.15, -0.1) is 0 Å². The molecule has 1 aliphatic rings. The summed E-state index contributed by atoms with van der Waals surface area (Å²) in [6.45, 7) is 5.35. The first-order valence-electron chi connectivity index (χ1n) is 8.39. The normalized spacial score (nSPS) is 16.9. The van der Waals surface area contributed by atoms with Gasteiger partial charge in [-0.25, -0.2) is 0 Å². The highest BCUT2D eigenvalue weighted by molar-refractivity contribution is 5.93. The Morgan fingerprint density at radius 1 is 1.22 bits per heavy atom. The van der Waals surface area contributed by atoms with Crippen LogP contribution >= 0.6 is 0 Å². The highest BCUT2D eigenvalue weighted by atomic mass is 16.2. The number of hydrogen-bond donors (Lipinski definition) is 2. The molecule has 5 heteroatoms. The van der Waals surface area contributed by atoms with Crippen molar-refractivity contribution in [3.63, 3.8) is 0 Å². The smallest absolute Gasteiger partial charge is 0.277 e. The topological polar surface area (TPSA) is 53.9 Å². The second-order valence-corrected chi connectivity index (χ2v) is 6.65. The molecule has 0 bridgehead atoms. The van der Waals surface area contributed by atoms with Crippen LogP contribution in [-0.2, 0) is 11.3 Å². The molecule has 1 atom stereocenters. The van der Waals surface area contributed by atoms with Crippen LogP contribution < -0.4 is 10.2 Å². The molecule has 2 amide bonds. The van der Waals surface area contributed by atoms with Gasteiger partial charge in [0.1, 0.15) is 6.54 Å². The van der Waals surface area contributed by atoms with E-state index in [1.165, 1.54) is 4.90 Å². The van der Waals surface area contributed by atoms with Crippen molar-refractivity contribution in [3.8, 4) is 0 Å². The Bertz CT molecular complexity index is 534. The van der Waals surface area contributed by atoms with Gasteiger partial charge in [0.25, 0.3) is 11.8 Å². The van der Waals surface area contributed by atoms with E-state index in [9.17, 15) is 9.59 Å². The van der Waals surface area contributed by atoms with Gasteiger partial charge < -0.3 is 15.1 Å². The van der Waals surface area contributed by atoms with Gasteiger partial charge in [-0.2, -0.15) is 0 Å². The Morgan fingerprint density at radius 3 is 2.39 bits per heavy atom. The van der Waals surface area contributed by atoms with Crippen LogP contribution in [0.15, 0.2) is 24.3 Å². The zero-order valence-corrected chi connectivity index (χ0v) is 14.4. The number of amides is 2. The van der Waals surface area contributed by atoms with Crippen molar-refractivity contribution in [1.29, 1.82) is 0 Å². The van der Waals surface area contributed by atoms with E-state index < -0.39 is 0 Å². The Kier molecular flexibility index (Phi) is 6.16. The third-order valence-electron chi connectivity index (χ3n) is 4.54. The van der Waals surface area contributed by atoms with E-state index in [-0.39, 0.29) is 11.8 Å². The Morgan fingerprint density at radius 2 is 1.83 bits per heavy atom. The van der Waals surface area contributed by atoms with Gasteiger partial charge >= 0.3 is 0 Å². The lowest BCUT2D eigenvalue weighted by atomic mass is 9.99. The van der Waals surface area contributed by atoms with Gasteiger partial charge in [0.2, 0.25) is 0 Å². The molecule has 0 saturated carbocycles. The average Bonchev–Trinajstić information content (AvgIpc) is 2.55. The summed E-state index contributed by atoms with van der Waals surface area (Å²) in [5, 5.41) is 2.61. The lowest BCUT2D eigenvalue weighted by Gasteiger charge is -2.30. The third kappa shape index (κ3) is 5.06. The van der Waals surface area contributed by atoms with Gasteiger partial charge in [-0.1, -0.05) is 19.1 Å². The van der Waals surface area contributed by atoms with Crippen molar-refractivity contribution in [3.05, 3.63) is 35.4 Å². The van der Waals surface area contributed by atoms with Crippen molar-refractivity contribution < 1.29 is 14.5 Å². The number of likely N-dealkylation sites (tertiary alicyclic amines) is 1.